The fourth-order valence-corrected chi connectivity index (χ4v) is 5.37. The molecule has 4 rings (SSSR count). The number of benzene rings is 1. The van der Waals surface area contributed by atoms with E-state index in [0.717, 1.165) is 45.3 Å². The highest BCUT2D eigenvalue weighted by atomic mass is 16.2. The number of piperidine rings is 2. The Hall–Kier alpha value is -1.51. The number of carbonyl (C=O) groups excluding carboxylic acids is 1. The van der Waals surface area contributed by atoms with Gasteiger partial charge in [-0.3, -0.25) is 0 Å². The largest absolute Gasteiger partial charge is 0.325 e. The van der Waals surface area contributed by atoms with Crippen LogP contribution in [0.25, 0.3) is 0 Å². The van der Waals surface area contributed by atoms with E-state index in [9.17, 15) is 4.79 Å². The number of fused-ring (bicyclic) bond motifs is 4. The number of nitrogens with zero attached hydrogens (tertiary/aromatic N) is 2. The number of carbonyl (C=O) groups is 1. The second kappa shape index (κ2) is 5.50. The predicted octanol–water partition coefficient (Wildman–Crippen LogP) is 4.21. The van der Waals surface area contributed by atoms with Gasteiger partial charge in [-0.15, -0.1) is 0 Å². The summed E-state index contributed by atoms with van der Waals surface area (Å²) in [5, 5.41) is 0. The van der Waals surface area contributed by atoms with Crippen LogP contribution in [0.3, 0.4) is 0 Å². The van der Waals surface area contributed by atoms with E-state index in [0.29, 0.717) is 6.04 Å². The van der Waals surface area contributed by atoms with Gasteiger partial charge in [-0.05, 0) is 48.6 Å². The van der Waals surface area contributed by atoms with Crippen LogP contribution in [0.2, 0.25) is 0 Å². The van der Waals surface area contributed by atoms with E-state index in [4.69, 9.17) is 0 Å². The molecule has 0 N–H and O–H groups in total. The molecule has 2 heterocycles. The van der Waals surface area contributed by atoms with Crippen molar-refractivity contribution in [1.29, 1.82) is 0 Å². The summed E-state index contributed by atoms with van der Waals surface area (Å²) in [4.78, 5) is 17.5. The summed E-state index contributed by atoms with van der Waals surface area (Å²) in [7, 11) is 0. The van der Waals surface area contributed by atoms with Crippen LogP contribution in [-0.2, 0) is 11.8 Å². The van der Waals surface area contributed by atoms with Crippen LogP contribution >= 0.6 is 0 Å². The van der Waals surface area contributed by atoms with Gasteiger partial charge in [-0.25, -0.2) is 4.79 Å². The Morgan fingerprint density at radius 3 is 2.50 bits per heavy atom. The summed E-state index contributed by atoms with van der Waals surface area (Å²) in [6, 6.07) is 9.49. The highest BCUT2D eigenvalue weighted by Gasteiger charge is 2.57. The Bertz CT molecular complexity index is 647. The Morgan fingerprint density at radius 2 is 1.75 bits per heavy atom. The SMILES string of the molecule is CC12CCN(C(=O)N3CCCCC3)C(Cc3ccccc31)C2(C)C. The summed E-state index contributed by atoms with van der Waals surface area (Å²) < 4.78 is 0. The highest BCUT2D eigenvalue weighted by Crippen LogP contribution is 2.56. The van der Waals surface area contributed by atoms with Gasteiger partial charge in [0.05, 0.1) is 0 Å². The lowest BCUT2D eigenvalue weighted by Crippen LogP contribution is -2.66. The molecule has 1 aliphatic carbocycles. The number of amides is 2. The van der Waals surface area contributed by atoms with Gasteiger partial charge >= 0.3 is 6.03 Å². The van der Waals surface area contributed by atoms with E-state index in [1.165, 1.54) is 17.5 Å². The minimum Gasteiger partial charge on any atom is -0.325 e. The second-order valence-electron chi connectivity index (χ2n) is 8.70. The molecule has 0 aromatic heterocycles. The quantitative estimate of drug-likeness (QED) is 0.700. The van der Waals surface area contributed by atoms with Gasteiger partial charge in [-0.1, -0.05) is 45.0 Å². The summed E-state index contributed by atoms with van der Waals surface area (Å²) in [5.74, 6) is 0. The van der Waals surface area contributed by atoms with Crippen LogP contribution < -0.4 is 0 Å². The lowest BCUT2D eigenvalue weighted by Gasteiger charge is -2.61. The molecule has 1 aromatic rings. The maximum atomic E-state index is 13.2. The number of rotatable bonds is 0. The minimum atomic E-state index is 0.102. The molecule has 3 nitrogen and oxygen atoms in total. The normalized spacial score (nSPS) is 31.5. The number of urea groups is 1. The first-order valence-electron chi connectivity index (χ1n) is 9.59. The molecule has 130 valence electrons. The first-order chi connectivity index (χ1) is 11.4. The molecule has 2 fully saturated rings. The highest BCUT2D eigenvalue weighted by molar-refractivity contribution is 5.75. The van der Waals surface area contributed by atoms with Gasteiger partial charge in [0.2, 0.25) is 0 Å². The smallest absolute Gasteiger partial charge is 0.320 e. The Balaban J connectivity index is 1.69. The molecular weight excluding hydrogens is 296 g/mol. The van der Waals surface area contributed by atoms with E-state index in [-0.39, 0.29) is 16.9 Å². The monoisotopic (exact) mass is 326 g/mol. The molecule has 3 heteroatoms. The van der Waals surface area contributed by atoms with E-state index in [1.807, 2.05) is 0 Å². The van der Waals surface area contributed by atoms with E-state index >= 15 is 0 Å². The zero-order valence-electron chi connectivity index (χ0n) is 15.3. The zero-order valence-corrected chi connectivity index (χ0v) is 15.3. The molecule has 0 radical (unpaired) electrons. The van der Waals surface area contributed by atoms with E-state index in [1.54, 1.807) is 0 Å². The third-order valence-electron chi connectivity index (χ3n) is 7.38. The molecule has 2 bridgehead atoms. The number of hydrogen-bond donors (Lipinski definition) is 0. The van der Waals surface area contributed by atoms with Gasteiger partial charge in [-0.2, -0.15) is 0 Å². The maximum absolute atomic E-state index is 13.2. The third kappa shape index (κ3) is 2.13. The molecule has 2 amide bonds. The maximum Gasteiger partial charge on any atom is 0.320 e. The minimum absolute atomic E-state index is 0.102. The Labute approximate surface area is 146 Å². The van der Waals surface area contributed by atoms with Crippen molar-refractivity contribution in [3.8, 4) is 0 Å². The molecule has 2 aliphatic heterocycles. The van der Waals surface area contributed by atoms with Crippen LogP contribution in [0.4, 0.5) is 4.79 Å². The molecule has 24 heavy (non-hydrogen) atoms. The van der Waals surface area contributed by atoms with Crippen molar-refractivity contribution in [1.82, 2.24) is 9.80 Å². The molecule has 0 saturated carbocycles. The predicted molar refractivity (Wildman–Crippen MR) is 97.2 cm³/mol. The second-order valence-corrected chi connectivity index (χ2v) is 8.70. The topological polar surface area (TPSA) is 23.6 Å². The molecule has 2 atom stereocenters. The molecule has 2 saturated heterocycles. The molecule has 3 aliphatic rings. The van der Waals surface area contributed by atoms with Gasteiger partial charge in [0.15, 0.2) is 0 Å². The molecule has 2 unspecified atom stereocenters. The lowest BCUT2D eigenvalue weighted by molar-refractivity contribution is -0.0242. The van der Waals surface area contributed by atoms with Gasteiger partial charge in [0.1, 0.15) is 0 Å². The fraction of sp³-hybridized carbons (Fsp3) is 0.667. The summed E-state index contributed by atoms with van der Waals surface area (Å²) in [5.41, 5.74) is 3.22. The van der Waals surface area contributed by atoms with Crippen molar-refractivity contribution in [2.45, 2.75) is 64.3 Å². The van der Waals surface area contributed by atoms with Crippen LogP contribution in [0.15, 0.2) is 24.3 Å². The van der Waals surface area contributed by atoms with E-state index < -0.39 is 0 Å². The van der Waals surface area contributed by atoms with E-state index in [2.05, 4.69) is 54.8 Å². The van der Waals surface area contributed by atoms with Crippen LogP contribution in [0, 0.1) is 5.41 Å². The standard InChI is InChI=1S/C21H30N2O/c1-20(2)18-15-16-9-5-6-10-17(16)21(20,3)11-14-23(18)19(24)22-12-7-4-8-13-22/h5-6,9-10,18H,4,7-8,11-15H2,1-3H3. The first kappa shape index (κ1) is 16.0. The van der Waals surface area contributed by atoms with Crippen molar-refractivity contribution >= 4 is 6.03 Å². The summed E-state index contributed by atoms with van der Waals surface area (Å²) in [6.45, 7) is 9.95. The van der Waals surface area contributed by atoms with Crippen LogP contribution in [0.5, 0.6) is 0 Å². The first-order valence-corrected chi connectivity index (χ1v) is 9.59. The number of likely N-dealkylation sites (tertiary alicyclic amines) is 2. The van der Waals surface area contributed by atoms with Crippen LogP contribution in [0.1, 0.15) is 57.6 Å². The molecular formula is C21H30N2O. The van der Waals surface area contributed by atoms with Crippen molar-refractivity contribution < 1.29 is 4.79 Å². The molecule has 0 spiro atoms. The van der Waals surface area contributed by atoms with Gasteiger partial charge < -0.3 is 9.80 Å². The van der Waals surface area contributed by atoms with Crippen molar-refractivity contribution in [3.05, 3.63) is 35.4 Å². The fourth-order valence-electron chi connectivity index (χ4n) is 5.37. The zero-order chi connectivity index (χ0) is 16.9. The van der Waals surface area contributed by atoms with Crippen molar-refractivity contribution in [3.63, 3.8) is 0 Å². The van der Waals surface area contributed by atoms with Crippen molar-refractivity contribution in [2.75, 3.05) is 19.6 Å². The average molecular weight is 326 g/mol. The Morgan fingerprint density at radius 1 is 1.04 bits per heavy atom. The Kier molecular flexibility index (Phi) is 3.67. The van der Waals surface area contributed by atoms with Gasteiger partial charge in [0.25, 0.3) is 0 Å². The van der Waals surface area contributed by atoms with Gasteiger partial charge in [0, 0.05) is 31.1 Å². The third-order valence-corrected chi connectivity index (χ3v) is 7.38. The molecule has 1 aromatic carbocycles. The number of hydrogen-bond acceptors (Lipinski definition) is 1. The average Bonchev–Trinajstić information content (AvgIpc) is 2.58. The lowest BCUT2D eigenvalue weighted by atomic mass is 9.51. The summed E-state index contributed by atoms with van der Waals surface area (Å²) >= 11 is 0. The van der Waals surface area contributed by atoms with Crippen LogP contribution in [-0.4, -0.2) is 41.5 Å². The van der Waals surface area contributed by atoms with Crippen molar-refractivity contribution in [2.24, 2.45) is 5.41 Å². The summed E-state index contributed by atoms with van der Waals surface area (Å²) in [6.07, 6.45) is 5.65.